The predicted molar refractivity (Wildman–Crippen MR) is 78.8 cm³/mol. The number of benzene rings is 1. The van der Waals surface area contributed by atoms with Crippen LogP contribution in [0.25, 0.3) is 0 Å². The van der Waals surface area contributed by atoms with Gasteiger partial charge in [0.25, 0.3) is 0 Å². The van der Waals surface area contributed by atoms with Crippen LogP contribution in [0.4, 0.5) is 0 Å². The van der Waals surface area contributed by atoms with Crippen molar-refractivity contribution in [2.75, 3.05) is 6.54 Å². The number of carbonyl (C=O) groups excluding carboxylic acids is 1. The van der Waals surface area contributed by atoms with E-state index in [0.717, 1.165) is 37.2 Å². The zero-order valence-corrected chi connectivity index (χ0v) is 11.7. The number of rotatable bonds is 2. The van der Waals surface area contributed by atoms with E-state index in [0.29, 0.717) is 0 Å². The van der Waals surface area contributed by atoms with Crippen molar-refractivity contribution >= 4 is 5.91 Å². The van der Waals surface area contributed by atoms with Gasteiger partial charge in [0.15, 0.2) is 0 Å². The van der Waals surface area contributed by atoms with Gasteiger partial charge >= 0.3 is 0 Å². The van der Waals surface area contributed by atoms with Crippen molar-refractivity contribution in [2.45, 2.75) is 31.3 Å². The van der Waals surface area contributed by atoms with Gasteiger partial charge in [0.2, 0.25) is 5.91 Å². The average molecular weight is 282 g/mol. The average Bonchev–Trinajstić information content (AvgIpc) is 3.12. The molecule has 1 aliphatic carbocycles. The summed E-state index contributed by atoms with van der Waals surface area (Å²) in [5.41, 5.74) is 4.61. The molecule has 0 bridgehead atoms. The molecule has 0 spiro atoms. The van der Waals surface area contributed by atoms with E-state index in [1.165, 1.54) is 11.1 Å². The Kier molecular flexibility index (Phi) is 3.00. The van der Waals surface area contributed by atoms with Crippen LogP contribution in [0.5, 0.6) is 0 Å². The molecular formula is C16H18N4O. The molecule has 1 aromatic carbocycles. The molecule has 0 saturated carbocycles. The molecule has 2 heterocycles. The number of aromatic nitrogens is 2. The van der Waals surface area contributed by atoms with Crippen LogP contribution >= 0.6 is 0 Å². The normalized spacial score (nSPS) is 20.9. The standard InChI is InChI=1S/C16H18N4O/c21-16(15-14-13(5-6-17-15)18-9-19-14)20-12-7-10-3-1-2-4-11(10)8-12/h1-4,9,12,15,17H,5-8H2,(H,18,19)(H,20,21). The fraction of sp³-hybridized carbons (Fsp3) is 0.375. The molecular weight excluding hydrogens is 264 g/mol. The smallest absolute Gasteiger partial charge is 0.243 e. The summed E-state index contributed by atoms with van der Waals surface area (Å²) < 4.78 is 0. The molecule has 0 fully saturated rings. The number of fused-ring (bicyclic) bond motifs is 2. The van der Waals surface area contributed by atoms with Crippen LogP contribution in [0.15, 0.2) is 30.6 Å². The largest absolute Gasteiger partial charge is 0.351 e. The minimum atomic E-state index is -0.330. The third kappa shape index (κ3) is 2.23. The molecule has 0 saturated heterocycles. The number of H-pyrrole nitrogens is 1. The Labute approximate surface area is 123 Å². The second-order valence-electron chi connectivity index (χ2n) is 5.79. The molecule has 4 rings (SSSR count). The van der Waals surface area contributed by atoms with E-state index in [1.54, 1.807) is 6.33 Å². The molecule has 0 radical (unpaired) electrons. The van der Waals surface area contributed by atoms with Crippen LogP contribution in [0.3, 0.4) is 0 Å². The zero-order chi connectivity index (χ0) is 14.2. The molecule has 1 amide bonds. The highest BCUT2D eigenvalue weighted by Gasteiger charge is 2.31. The van der Waals surface area contributed by atoms with Gasteiger partial charge in [-0.1, -0.05) is 24.3 Å². The lowest BCUT2D eigenvalue weighted by Gasteiger charge is -2.24. The van der Waals surface area contributed by atoms with Crippen LogP contribution in [0.1, 0.15) is 28.6 Å². The first-order valence-corrected chi connectivity index (χ1v) is 7.44. The fourth-order valence-electron chi connectivity index (χ4n) is 3.38. The Morgan fingerprint density at radius 1 is 1.24 bits per heavy atom. The molecule has 108 valence electrons. The van der Waals surface area contributed by atoms with Gasteiger partial charge in [-0.05, 0) is 24.0 Å². The van der Waals surface area contributed by atoms with Crippen molar-refractivity contribution in [2.24, 2.45) is 0 Å². The lowest BCUT2D eigenvalue weighted by molar-refractivity contribution is -0.124. The first-order chi connectivity index (χ1) is 10.3. The summed E-state index contributed by atoms with van der Waals surface area (Å²) in [4.78, 5) is 20.0. The highest BCUT2D eigenvalue weighted by atomic mass is 16.2. The lowest BCUT2D eigenvalue weighted by atomic mass is 10.0. The first kappa shape index (κ1) is 12.6. The highest BCUT2D eigenvalue weighted by molar-refractivity contribution is 5.83. The van der Waals surface area contributed by atoms with Crippen LogP contribution < -0.4 is 10.6 Å². The van der Waals surface area contributed by atoms with E-state index < -0.39 is 0 Å². The number of imidazole rings is 1. The van der Waals surface area contributed by atoms with E-state index >= 15 is 0 Å². The van der Waals surface area contributed by atoms with Crippen molar-refractivity contribution in [1.29, 1.82) is 0 Å². The Hall–Kier alpha value is -2.14. The molecule has 3 N–H and O–H groups in total. The first-order valence-electron chi connectivity index (χ1n) is 7.44. The van der Waals surface area contributed by atoms with Gasteiger partial charge in [0.05, 0.1) is 12.0 Å². The van der Waals surface area contributed by atoms with Crippen molar-refractivity contribution < 1.29 is 4.79 Å². The monoisotopic (exact) mass is 282 g/mol. The summed E-state index contributed by atoms with van der Waals surface area (Å²) in [5, 5.41) is 6.43. The number of amides is 1. The maximum Gasteiger partial charge on any atom is 0.243 e. The molecule has 2 aromatic rings. The van der Waals surface area contributed by atoms with Crippen molar-refractivity contribution in [1.82, 2.24) is 20.6 Å². The maximum absolute atomic E-state index is 12.5. The SMILES string of the molecule is O=C(NC1Cc2ccccc2C1)C1NCCc2[nH]cnc21. The number of hydrogen-bond donors (Lipinski definition) is 3. The van der Waals surface area contributed by atoms with Gasteiger partial charge < -0.3 is 15.6 Å². The predicted octanol–water partition coefficient (Wildman–Crippen LogP) is 0.880. The molecule has 1 aliphatic heterocycles. The minimum Gasteiger partial charge on any atom is -0.351 e. The summed E-state index contributed by atoms with van der Waals surface area (Å²) in [5.74, 6) is 0.0286. The Morgan fingerprint density at radius 2 is 2.00 bits per heavy atom. The van der Waals surface area contributed by atoms with Gasteiger partial charge in [-0.25, -0.2) is 4.98 Å². The maximum atomic E-state index is 12.5. The van der Waals surface area contributed by atoms with E-state index in [1.807, 2.05) is 0 Å². The summed E-state index contributed by atoms with van der Waals surface area (Å²) in [6.07, 6.45) is 4.40. The summed E-state index contributed by atoms with van der Waals surface area (Å²) >= 11 is 0. The second-order valence-corrected chi connectivity index (χ2v) is 5.79. The van der Waals surface area contributed by atoms with Gasteiger partial charge in [0, 0.05) is 24.7 Å². The van der Waals surface area contributed by atoms with Crippen molar-refractivity contribution in [3.8, 4) is 0 Å². The molecule has 1 aromatic heterocycles. The zero-order valence-electron chi connectivity index (χ0n) is 11.7. The number of aromatic amines is 1. The third-order valence-corrected chi connectivity index (χ3v) is 4.41. The Morgan fingerprint density at radius 3 is 2.76 bits per heavy atom. The summed E-state index contributed by atoms with van der Waals surface area (Å²) in [7, 11) is 0. The molecule has 1 unspecified atom stereocenters. The quantitative estimate of drug-likeness (QED) is 0.766. The van der Waals surface area contributed by atoms with Gasteiger partial charge in [0.1, 0.15) is 6.04 Å². The lowest BCUT2D eigenvalue weighted by Crippen LogP contribution is -2.45. The van der Waals surface area contributed by atoms with Crippen LogP contribution in [-0.2, 0) is 24.1 Å². The van der Waals surface area contributed by atoms with E-state index in [2.05, 4.69) is 44.9 Å². The Balaban J connectivity index is 1.47. The third-order valence-electron chi connectivity index (χ3n) is 4.41. The topological polar surface area (TPSA) is 69.8 Å². The second kappa shape index (κ2) is 5.00. The minimum absolute atomic E-state index is 0.0286. The van der Waals surface area contributed by atoms with Crippen molar-refractivity contribution in [3.63, 3.8) is 0 Å². The summed E-state index contributed by atoms with van der Waals surface area (Å²) in [6, 6.07) is 8.27. The highest BCUT2D eigenvalue weighted by Crippen LogP contribution is 2.23. The Bertz CT molecular complexity index is 653. The number of nitrogens with one attached hydrogen (secondary N) is 3. The molecule has 5 nitrogen and oxygen atoms in total. The molecule has 5 heteroatoms. The molecule has 2 aliphatic rings. The van der Waals surface area contributed by atoms with Crippen molar-refractivity contribution in [3.05, 3.63) is 53.1 Å². The molecule has 1 atom stereocenters. The number of nitrogens with zero attached hydrogens (tertiary/aromatic N) is 1. The van der Waals surface area contributed by atoms with E-state index in [9.17, 15) is 4.79 Å². The van der Waals surface area contributed by atoms with Crippen LogP contribution in [0.2, 0.25) is 0 Å². The van der Waals surface area contributed by atoms with Gasteiger partial charge in [-0.2, -0.15) is 0 Å². The fourth-order valence-corrected chi connectivity index (χ4v) is 3.38. The van der Waals surface area contributed by atoms with Gasteiger partial charge in [-0.15, -0.1) is 0 Å². The molecule has 21 heavy (non-hydrogen) atoms. The van der Waals surface area contributed by atoms with Crippen LogP contribution in [-0.4, -0.2) is 28.5 Å². The van der Waals surface area contributed by atoms with E-state index in [-0.39, 0.29) is 18.0 Å². The van der Waals surface area contributed by atoms with E-state index in [4.69, 9.17) is 0 Å². The number of hydrogen-bond acceptors (Lipinski definition) is 3. The van der Waals surface area contributed by atoms with Crippen LogP contribution in [0, 0.1) is 0 Å². The van der Waals surface area contributed by atoms with Gasteiger partial charge in [-0.3, -0.25) is 4.79 Å². The number of carbonyl (C=O) groups is 1. The summed E-state index contributed by atoms with van der Waals surface area (Å²) in [6.45, 7) is 0.804.